The van der Waals surface area contributed by atoms with Gasteiger partial charge in [0.1, 0.15) is 6.04 Å². The first-order valence-electron chi connectivity index (χ1n) is 1.63. The summed E-state index contributed by atoms with van der Waals surface area (Å²) in [6.45, 7) is 1.42. The van der Waals surface area contributed by atoms with Crippen LogP contribution >= 0.6 is 0 Å². The maximum absolute atomic E-state index is 9.57. The Morgan fingerprint density at radius 3 is 1.75 bits per heavy atom. The van der Waals surface area contributed by atoms with Crippen LogP contribution in [0.1, 0.15) is 6.92 Å². The number of hydrogen-bond donors (Lipinski definition) is 4. The fourth-order valence-electron chi connectivity index (χ4n) is 0. The van der Waals surface area contributed by atoms with Gasteiger partial charge in [-0.15, -0.1) is 0 Å². The number of carboxylic acids is 1. The molecule has 0 amide bonds. The minimum absolute atomic E-state index is 0. The predicted molar refractivity (Wildman–Crippen MR) is 31.3 cm³/mol. The monoisotopic (exact) mass is 123 g/mol. The molecule has 8 heavy (non-hydrogen) atoms. The molecule has 0 saturated heterocycles. The van der Waals surface area contributed by atoms with Gasteiger partial charge in [-0.1, -0.05) is 0 Å². The second-order valence-corrected chi connectivity index (χ2v) is 1.13. The molecule has 0 bridgehead atoms. The molecular weight excluding hydrogens is 110 g/mol. The van der Waals surface area contributed by atoms with E-state index in [4.69, 9.17) is 10.8 Å². The molecular formula is C3H13N3O2. The normalized spacial score (nSPS) is 10.2. The Kier molecular flexibility index (Phi) is 12.4. The largest absolute Gasteiger partial charge is 0.480 e. The lowest BCUT2D eigenvalue weighted by Crippen LogP contribution is -2.25. The van der Waals surface area contributed by atoms with Crippen LogP contribution in [-0.2, 0) is 4.79 Å². The van der Waals surface area contributed by atoms with Gasteiger partial charge in [-0.05, 0) is 6.92 Å². The van der Waals surface area contributed by atoms with Crippen molar-refractivity contribution in [2.24, 2.45) is 5.73 Å². The Hall–Kier alpha value is -0.650. The summed E-state index contributed by atoms with van der Waals surface area (Å²) in [5.74, 6) is -0.963. The average molecular weight is 123 g/mol. The van der Waals surface area contributed by atoms with E-state index >= 15 is 0 Å². The molecule has 9 N–H and O–H groups in total. The van der Waals surface area contributed by atoms with Gasteiger partial charge in [0.25, 0.3) is 0 Å². The summed E-state index contributed by atoms with van der Waals surface area (Å²) in [6, 6.07) is -0.731. The predicted octanol–water partition coefficient (Wildman–Crippen LogP) is -0.258. The molecule has 0 spiro atoms. The van der Waals surface area contributed by atoms with Crippen molar-refractivity contribution < 1.29 is 9.90 Å². The van der Waals surface area contributed by atoms with Gasteiger partial charge >= 0.3 is 5.97 Å². The Bertz CT molecular complexity index is 63.5. The van der Waals surface area contributed by atoms with Crippen molar-refractivity contribution in [2.75, 3.05) is 0 Å². The van der Waals surface area contributed by atoms with Crippen LogP contribution in [0, 0.1) is 0 Å². The highest BCUT2D eigenvalue weighted by atomic mass is 16.4. The molecule has 0 saturated carbocycles. The number of nitrogens with two attached hydrogens (primary N) is 1. The van der Waals surface area contributed by atoms with Crippen LogP contribution in [0.15, 0.2) is 0 Å². The molecule has 0 fully saturated rings. The van der Waals surface area contributed by atoms with Gasteiger partial charge in [0.2, 0.25) is 0 Å². The summed E-state index contributed by atoms with van der Waals surface area (Å²) in [6.07, 6.45) is 0. The third-order valence-electron chi connectivity index (χ3n) is 0.390. The average Bonchev–Trinajstić information content (AvgIpc) is 1.36. The Labute approximate surface area is 48.0 Å². The second kappa shape index (κ2) is 6.35. The van der Waals surface area contributed by atoms with Gasteiger partial charge in [0, 0.05) is 0 Å². The van der Waals surface area contributed by atoms with Crippen LogP contribution in [0.5, 0.6) is 0 Å². The summed E-state index contributed by atoms with van der Waals surface area (Å²) >= 11 is 0. The number of carbonyl (C=O) groups is 1. The molecule has 0 radical (unpaired) electrons. The van der Waals surface area contributed by atoms with Gasteiger partial charge in [-0.2, -0.15) is 0 Å². The molecule has 0 aromatic carbocycles. The van der Waals surface area contributed by atoms with E-state index in [1.54, 1.807) is 0 Å². The summed E-state index contributed by atoms with van der Waals surface area (Å²) in [4.78, 5) is 9.57. The van der Waals surface area contributed by atoms with Crippen molar-refractivity contribution in [3.63, 3.8) is 0 Å². The van der Waals surface area contributed by atoms with Crippen molar-refractivity contribution in [2.45, 2.75) is 13.0 Å². The summed E-state index contributed by atoms with van der Waals surface area (Å²) < 4.78 is 0. The maximum atomic E-state index is 9.57. The molecule has 0 aliphatic heterocycles. The standard InChI is InChI=1S/C3H7NO2.2H3N/c1-2(4)3(5)6;;/h2H,4H2,1H3,(H,5,6);2*1H3. The summed E-state index contributed by atoms with van der Waals surface area (Å²) in [7, 11) is 0. The van der Waals surface area contributed by atoms with Crippen molar-refractivity contribution in [1.82, 2.24) is 12.3 Å². The summed E-state index contributed by atoms with van der Waals surface area (Å²) in [5.41, 5.74) is 4.84. The van der Waals surface area contributed by atoms with Crippen molar-refractivity contribution in [3.05, 3.63) is 0 Å². The first kappa shape index (κ1) is 15.7. The van der Waals surface area contributed by atoms with Crippen LogP contribution in [0.25, 0.3) is 0 Å². The van der Waals surface area contributed by atoms with Gasteiger partial charge in [-0.25, -0.2) is 0 Å². The maximum Gasteiger partial charge on any atom is 0.320 e. The Morgan fingerprint density at radius 1 is 1.62 bits per heavy atom. The van der Waals surface area contributed by atoms with E-state index in [0.717, 1.165) is 0 Å². The number of carboxylic acid groups (broad SMARTS) is 1. The molecule has 0 heterocycles. The highest BCUT2D eigenvalue weighted by Crippen LogP contribution is 1.68. The zero-order valence-electron chi connectivity index (χ0n) is 4.92. The van der Waals surface area contributed by atoms with Crippen molar-refractivity contribution >= 4 is 5.97 Å². The fraction of sp³-hybridized carbons (Fsp3) is 0.667. The second-order valence-electron chi connectivity index (χ2n) is 1.13. The third-order valence-corrected chi connectivity index (χ3v) is 0.390. The van der Waals surface area contributed by atoms with E-state index in [2.05, 4.69) is 0 Å². The molecule has 5 heteroatoms. The summed E-state index contributed by atoms with van der Waals surface area (Å²) in [5, 5.41) is 7.87. The van der Waals surface area contributed by atoms with E-state index < -0.39 is 12.0 Å². The van der Waals surface area contributed by atoms with Crippen LogP contribution in [0.4, 0.5) is 0 Å². The first-order chi connectivity index (χ1) is 2.64. The van der Waals surface area contributed by atoms with Gasteiger partial charge in [0.15, 0.2) is 0 Å². The topological polar surface area (TPSA) is 133 Å². The van der Waals surface area contributed by atoms with Crippen LogP contribution in [0.3, 0.4) is 0 Å². The molecule has 0 rings (SSSR count). The van der Waals surface area contributed by atoms with Gasteiger partial charge in [0.05, 0.1) is 0 Å². The zero-order chi connectivity index (χ0) is 5.15. The van der Waals surface area contributed by atoms with Crippen LogP contribution < -0.4 is 18.0 Å². The molecule has 5 nitrogen and oxygen atoms in total. The lowest BCUT2D eigenvalue weighted by atomic mass is 10.4. The van der Waals surface area contributed by atoms with Crippen LogP contribution in [0.2, 0.25) is 0 Å². The SMILES string of the molecule is CC(N)C(=O)O.N.N. The molecule has 1 unspecified atom stereocenters. The van der Waals surface area contributed by atoms with E-state index in [9.17, 15) is 4.79 Å². The molecule has 0 aromatic heterocycles. The first-order valence-corrected chi connectivity index (χ1v) is 1.63. The lowest BCUT2D eigenvalue weighted by molar-refractivity contribution is -0.138. The zero-order valence-corrected chi connectivity index (χ0v) is 4.92. The number of rotatable bonds is 1. The van der Waals surface area contributed by atoms with Gasteiger partial charge < -0.3 is 23.1 Å². The minimum atomic E-state index is -0.963. The fourth-order valence-corrected chi connectivity index (χ4v) is 0. The Morgan fingerprint density at radius 2 is 1.75 bits per heavy atom. The van der Waals surface area contributed by atoms with Crippen LogP contribution in [-0.4, -0.2) is 17.1 Å². The van der Waals surface area contributed by atoms with E-state index in [1.165, 1.54) is 6.92 Å². The lowest BCUT2D eigenvalue weighted by Gasteiger charge is -1.90. The highest BCUT2D eigenvalue weighted by Gasteiger charge is 1.99. The number of aliphatic carboxylic acids is 1. The third kappa shape index (κ3) is 9.02. The molecule has 1 atom stereocenters. The number of hydrogen-bond acceptors (Lipinski definition) is 4. The molecule has 0 aliphatic rings. The molecule has 0 aliphatic carbocycles. The minimum Gasteiger partial charge on any atom is -0.480 e. The highest BCUT2D eigenvalue weighted by molar-refractivity contribution is 5.72. The van der Waals surface area contributed by atoms with E-state index in [0.29, 0.717) is 0 Å². The van der Waals surface area contributed by atoms with Crippen molar-refractivity contribution in [3.8, 4) is 0 Å². The quantitative estimate of drug-likeness (QED) is 0.381. The Balaban J connectivity index is -0.000000125. The van der Waals surface area contributed by atoms with E-state index in [1.807, 2.05) is 0 Å². The molecule has 0 aromatic rings. The molecule has 52 valence electrons. The van der Waals surface area contributed by atoms with Gasteiger partial charge in [-0.3, -0.25) is 4.79 Å². The van der Waals surface area contributed by atoms with E-state index in [-0.39, 0.29) is 12.3 Å². The smallest absolute Gasteiger partial charge is 0.320 e. The van der Waals surface area contributed by atoms with Crippen molar-refractivity contribution in [1.29, 1.82) is 0 Å².